The Hall–Kier alpha value is -1.20. The Bertz CT molecular complexity index is 432. The summed E-state index contributed by atoms with van der Waals surface area (Å²) in [6, 6.07) is 3.81. The van der Waals surface area contributed by atoms with Crippen LogP contribution in [0, 0.1) is 12.8 Å². The first-order valence-electron chi connectivity index (χ1n) is 6.26. The summed E-state index contributed by atoms with van der Waals surface area (Å²) in [5.41, 5.74) is 7.39. The van der Waals surface area contributed by atoms with Gasteiger partial charge in [0.2, 0.25) is 0 Å². The van der Waals surface area contributed by atoms with Crippen molar-refractivity contribution >= 4 is 23.0 Å². The summed E-state index contributed by atoms with van der Waals surface area (Å²) in [5, 5.41) is 3.23. The van der Waals surface area contributed by atoms with E-state index in [9.17, 15) is 0 Å². The van der Waals surface area contributed by atoms with E-state index in [1.165, 1.54) is 12.8 Å². The monoisotopic (exact) mass is 265 g/mol. The maximum atomic E-state index is 5.66. The second kappa shape index (κ2) is 6.11. The van der Waals surface area contributed by atoms with Crippen LogP contribution < -0.4 is 11.1 Å². The fraction of sp³-hybridized carbons (Fsp3) is 0.538. The van der Waals surface area contributed by atoms with Crippen LogP contribution in [0.3, 0.4) is 0 Å². The SMILES string of the molecule is Cc1ccc(C(N)=S)c(NCCOCC2CC2)n1. The molecule has 4 nitrogen and oxygen atoms in total. The molecule has 5 heteroatoms. The third-order valence-electron chi connectivity index (χ3n) is 2.89. The molecule has 1 saturated carbocycles. The van der Waals surface area contributed by atoms with Crippen molar-refractivity contribution < 1.29 is 4.74 Å². The van der Waals surface area contributed by atoms with Gasteiger partial charge in [-0.1, -0.05) is 12.2 Å². The number of hydrogen-bond acceptors (Lipinski definition) is 4. The quantitative estimate of drug-likeness (QED) is 0.582. The zero-order valence-corrected chi connectivity index (χ0v) is 11.4. The van der Waals surface area contributed by atoms with Crippen LogP contribution >= 0.6 is 12.2 Å². The fourth-order valence-corrected chi connectivity index (χ4v) is 1.83. The lowest BCUT2D eigenvalue weighted by Gasteiger charge is -2.11. The number of ether oxygens (including phenoxy) is 1. The van der Waals surface area contributed by atoms with Crippen molar-refractivity contribution in [1.82, 2.24) is 4.98 Å². The summed E-state index contributed by atoms with van der Waals surface area (Å²) in [6.07, 6.45) is 2.64. The lowest BCUT2D eigenvalue weighted by Crippen LogP contribution is -2.17. The molecule has 2 rings (SSSR count). The number of thiocarbonyl (C=S) groups is 1. The van der Waals surface area contributed by atoms with Crippen LogP contribution in [0.1, 0.15) is 24.1 Å². The second-order valence-corrected chi connectivity index (χ2v) is 5.10. The highest BCUT2D eigenvalue weighted by atomic mass is 32.1. The summed E-state index contributed by atoms with van der Waals surface area (Å²) < 4.78 is 5.56. The predicted octanol–water partition coefficient (Wildman–Crippen LogP) is 1.86. The molecule has 0 saturated heterocycles. The van der Waals surface area contributed by atoms with E-state index in [1.54, 1.807) is 0 Å². The van der Waals surface area contributed by atoms with E-state index in [4.69, 9.17) is 22.7 Å². The number of aromatic nitrogens is 1. The van der Waals surface area contributed by atoms with E-state index in [0.717, 1.165) is 36.1 Å². The number of nitrogens with zero attached hydrogens (tertiary/aromatic N) is 1. The van der Waals surface area contributed by atoms with Gasteiger partial charge < -0.3 is 15.8 Å². The average molecular weight is 265 g/mol. The Morgan fingerprint density at radius 2 is 2.33 bits per heavy atom. The van der Waals surface area contributed by atoms with Crippen LogP contribution in [-0.4, -0.2) is 29.7 Å². The fourth-order valence-electron chi connectivity index (χ4n) is 1.67. The van der Waals surface area contributed by atoms with Gasteiger partial charge in [0.05, 0.1) is 12.2 Å². The van der Waals surface area contributed by atoms with Crippen LogP contribution in [0.25, 0.3) is 0 Å². The van der Waals surface area contributed by atoms with Crippen molar-refractivity contribution in [2.45, 2.75) is 19.8 Å². The molecule has 0 aromatic carbocycles. The number of rotatable bonds is 7. The van der Waals surface area contributed by atoms with Crippen LogP contribution in [-0.2, 0) is 4.74 Å². The van der Waals surface area contributed by atoms with Crippen LogP contribution in [0.4, 0.5) is 5.82 Å². The topological polar surface area (TPSA) is 60.2 Å². The van der Waals surface area contributed by atoms with Gasteiger partial charge >= 0.3 is 0 Å². The zero-order chi connectivity index (χ0) is 13.0. The Morgan fingerprint density at radius 3 is 3.00 bits per heavy atom. The standard InChI is InChI=1S/C13H19N3OS/c1-9-2-5-11(12(14)18)13(16-9)15-6-7-17-8-10-3-4-10/h2,5,10H,3-4,6-8H2,1H3,(H2,14,18)(H,15,16). The van der Waals surface area contributed by atoms with Crippen LogP contribution in [0.15, 0.2) is 12.1 Å². The van der Waals surface area contributed by atoms with Gasteiger partial charge in [0.15, 0.2) is 0 Å². The van der Waals surface area contributed by atoms with Gasteiger partial charge in [0, 0.05) is 18.8 Å². The van der Waals surface area contributed by atoms with Crippen molar-refractivity contribution in [2.24, 2.45) is 11.7 Å². The van der Waals surface area contributed by atoms with E-state index in [0.29, 0.717) is 11.6 Å². The Kier molecular flexibility index (Phi) is 4.49. The van der Waals surface area contributed by atoms with Crippen LogP contribution in [0.2, 0.25) is 0 Å². The first-order valence-corrected chi connectivity index (χ1v) is 6.66. The molecule has 98 valence electrons. The van der Waals surface area contributed by atoms with Gasteiger partial charge in [-0.05, 0) is 37.8 Å². The zero-order valence-electron chi connectivity index (χ0n) is 10.6. The lowest BCUT2D eigenvalue weighted by molar-refractivity contribution is 0.134. The minimum atomic E-state index is 0.365. The predicted molar refractivity (Wildman–Crippen MR) is 76.9 cm³/mol. The number of nitrogens with two attached hydrogens (primary N) is 1. The van der Waals surface area contributed by atoms with E-state index in [-0.39, 0.29) is 0 Å². The number of aryl methyl sites for hydroxylation is 1. The largest absolute Gasteiger partial charge is 0.389 e. The first kappa shape index (κ1) is 13.2. The molecular formula is C13H19N3OS. The van der Waals surface area contributed by atoms with E-state index in [2.05, 4.69) is 10.3 Å². The highest BCUT2D eigenvalue weighted by molar-refractivity contribution is 7.80. The Morgan fingerprint density at radius 1 is 1.56 bits per heavy atom. The third kappa shape index (κ3) is 3.92. The minimum absolute atomic E-state index is 0.365. The molecule has 0 radical (unpaired) electrons. The first-order chi connectivity index (χ1) is 8.66. The molecule has 0 bridgehead atoms. The summed E-state index contributed by atoms with van der Waals surface area (Å²) in [6.45, 7) is 4.23. The number of hydrogen-bond donors (Lipinski definition) is 2. The molecule has 3 N–H and O–H groups in total. The minimum Gasteiger partial charge on any atom is -0.389 e. The van der Waals surface area contributed by atoms with Crippen molar-refractivity contribution in [3.8, 4) is 0 Å². The molecule has 0 spiro atoms. The summed E-state index contributed by atoms with van der Waals surface area (Å²) in [5.74, 6) is 1.55. The van der Waals surface area contributed by atoms with Crippen molar-refractivity contribution in [1.29, 1.82) is 0 Å². The number of pyridine rings is 1. The number of nitrogens with one attached hydrogen (secondary N) is 1. The van der Waals surface area contributed by atoms with Gasteiger partial charge in [-0.25, -0.2) is 4.98 Å². The number of anilines is 1. The highest BCUT2D eigenvalue weighted by Gasteiger charge is 2.20. The van der Waals surface area contributed by atoms with Gasteiger partial charge in [-0.15, -0.1) is 0 Å². The van der Waals surface area contributed by atoms with Gasteiger partial charge in [-0.3, -0.25) is 0 Å². The van der Waals surface area contributed by atoms with Gasteiger partial charge in [-0.2, -0.15) is 0 Å². The lowest BCUT2D eigenvalue weighted by atomic mass is 10.2. The van der Waals surface area contributed by atoms with Crippen molar-refractivity contribution in [3.05, 3.63) is 23.4 Å². The molecular weight excluding hydrogens is 246 g/mol. The maximum absolute atomic E-state index is 5.66. The second-order valence-electron chi connectivity index (χ2n) is 4.66. The third-order valence-corrected chi connectivity index (χ3v) is 3.11. The summed E-state index contributed by atoms with van der Waals surface area (Å²) >= 11 is 5.00. The molecule has 0 atom stereocenters. The summed E-state index contributed by atoms with van der Waals surface area (Å²) in [4.78, 5) is 4.77. The van der Waals surface area contributed by atoms with Crippen molar-refractivity contribution in [2.75, 3.05) is 25.1 Å². The van der Waals surface area contributed by atoms with E-state index < -0.39 is 0 Å². The molecule has 1 heterocycles. The normalized spacial score (nSPS) is 14.5. The smallest absolute Gasteiger partial charge is 0.136 e. The maximum Gasteiger partial charge on any atom is 0.136 e. The van der Waals surface area contributed by atoms with E-state index >= 15 is 0 Å². The molecule has 1 aliphatic carbocycles. The van der Waals surface area contributed by atoms with Gasteiger partial charge in [0.25, 0.3) is 0 Å². The summed E-state index contributed by atoms with van der Waals surface area (Å²) in [7, 11) is 0. The molecule has 1 aromatic rings. The highest BCUT2D eigenvalue weighted by Crippen LogP contribution is 2.28. The molecule has 1 fully saturated rings. The van der Waals surface area contributed by atoms with Gasteiger partial charge in [0.1, 0.15) is 10.8 Å². The Balaban J connectivity index is 1.82. The molecule has 1 aliphatic rings. The molecule has 0 unspecified atom stereocenters. The van der Waals surface area contributed by atoms with E-state index in [1.807, 2.05) is 19.1 Å². The van der Waals surface area contributed by atoms with Crippen LogP contribution in [0.5, 0.6) is 0 Å². The Labute approximate surface area is 113 Å². The average Bonchev–Trinajstić information content (AvgIpc) is 3.12. The molecule has 0 aliphatic heterocycles. The molecule has 0 amide bonds. The molecule has 18 heavy (non-hydrogen) atoms. The molecule has 1 aromatic heterocycles. The van der Waals surface area contributed by atoms with Crippen molar-refractivity contribution in [3.63, 3.8) is 0 Å².